The van der Waals surface area contributed by atoms with Gasteiger partial charge in [-0.1, -0.05) is 77.7 Å². The van der Waals surface area contributed by atoms with Crippen LogP contribution in [-0.2, 0) is 78.7 Å². The number of hydrogen-bond donors (Lipinski definition) is 1. The number of ether oxygens (including phenoxy) is 9. The predicted molar refractivity (Wildman–Crippen MR) is 540 cm³/mol. The summed E-state index contributed by atoms with van der Waals surface area (Å²) in [5.41, 5.74) is 15.4. The van der Waals surface area contributed by atoms with E-state index in [1.165, 1.54) is 39.9 Å². The Balaban J connectivity index is 0.000000210. The van der Waals surface area contributed by atoms with Crippen LogP contribution in [0.4, 0.5) is 4.79 Å². The first-order valence-corrected chi connectivity index (χ1v) is 55.7. The number of aromatic amines is 1. The third kappa shape index (κ3) is 30.4. The number of nitrogens with one attached hydrogen (secondary N) is 1. The summed E-state index contributed by atoms with van der Waals surface area (Å²) in [5, 5.41) is 7.46. The molecule has 1 aromatic carbocycles. The van der Waals surface area contributed by atoms with E-state index < -0.39 is 54.6 Å². The van der Waals surface area contributed by atoms with Crippen LogP contribution in [0.15, 0.2) is 160 Å². The monoisotopic (exact) mass is 1910 g/mol. The lowest BCUT2D eigenvalue weighted by Gasteiger charge is -2.35. The lowest BCUT2D eigenvalue weighted by Crippen LogP contribution is -2.56. The molecule has 732 valence electrons. The molecule has 36 heteroatoms. The van der Waals surface area contributed by atoms with Crippen molar-refractivity contribution in [3.63, 3.8) is 0 Å². The van der Waals surface area contributed by atoms with Crippen LogP contribution < -0.4 is 4.57 Å². The van der Waals surface area contributed by atoms with E-state index in [0.717, 1.165) is 125 Å². The van der Waals surface area contributed by atoms with Gasteiger partial charge in [-0.25, -0.2) is 73.7 Å². The summed E-state index contributed by atoms with van der Waals surface area (Å²) in [6, 6.07) is 25.5. The minimum Gasteiger partial charge on any atom is -1.00 e. The fourth-order valence-electron chi connectivity index (χ4n) is 15.0. The SMILES string of the molecule is CCOC(OCC)OCC.CCOC(OCC)n1ccc2c(C)ncnc21.CCOCC[Si](C)(C)C.Cc1nc[n+]2c3c1ccn3[Si](C(C)C)(C(C)C)C2C.Cc1ncnc2[nH]ccc12.Cc1ncnc2c1ccn2C(=O)OC(C)(C)C.Cc1ncnc2c1ccn2COC(=O)C(C)(C)C.Cc1ncnc2c1ccn2COCc1ccccc1.Cc1ncnc2c1ccn2CO[Si](C)(C)C.[2H-]. The Morgan fingerprint density at radius 3 is 1.36 bits per heavy atom. The molecule has 135 heavy (non-hydrogen) atoms. The number of aromatic nitrogens is 21. The Morgan fingerprint density at radius 2 is 0.904 bits per heavy atom. The zero-order valence-electron chi connectivity index (χ0n) is 86.2. The average Bonchev–Trinajstić information content (AvgIpc) is 1.54. The van der Waals surface area contributed by atoms with Gasteiger partial charge >= 0.3 is 12.1 Å². The predicted octanol–water partition coefficient (Wildman–Crippen LogP) is 21.0. The minimum absolute atomic E-state index is 0. The summed E-state index contributed by atoms with van der Waals surface area (Å²) in [6.07, 6.45) is 24.1. The van der Waals surface area contributed by atoms with Gasteiger partial charge < -0.3 is 66.8 Å². The summed E-state index contributed by atoms with van der Waals surface area (Å²) in [7, 11) is -3.92. The highest BCUT2D eigenvalue weighted by molar-refractivity contribution is 6.82. The van der Waals surface area contributed by atoms with Crippen molar-refractivity contribution in [2.24, 2.45) is 5.41 Å². The smallest absolute Gasteiger partial charge is 0.420 e. The largest absolute Gasteiger partial charge is 1.00 e. The van der Waals surface area contributed by atoms with Gasteiger partial charge in [0.15, 0.2) is 20.7 Å². The molecular formula is C99H147N21O12Si3. The zero-order valence-corrected chi connectivity index (χ0v) is 88.2. The van der Waals surface area contributed by atoms with Crippen LogP contribution >= 0.6 is 0 Å². The number of esters is 1. The number of hydrogen-bond acceptors (Lipinski definition) is 25. The second-order valence-corrected chi connectivity index (χ2v) is 52.5. The molecule has 1 N–H and O–H groups in total. The van der Waals surface area contributed by atoms with Crippen molar-refractivity contribution >= 4 is 114 Å². The van der Waals surface area contributed by atoms with Crippen molar-refractivity contribution in [2.45, 2.75) is 274 Å². The fourth-order valence-corrected chi connectivity index (χ4v) is 22.6. The van der Waals surface area contributed by atoms with Gasteiger partial charge in [0.2, 0.25) is 18.4 Å². The van der Waals surface area contributed by atoms with Crippen molar-refractivity contribution in [3.8, 4) is 0 Å². The van der Waals surface area contributed by atoms with Crippen molar-refractivity contribution < 1.29 is 62.6 Å². The highest BCUT2D eigenvalue weighted by atomic mass is 28.4. The number of nitrogens with zero attached hydrogens (tertiary/aromatic N) is 20. The van der Waals surface area contributed by atoms with E-state index in [1.807, 2.05) is 224 Å². The van der Waals surface area contributed by atoms with Crippen molar-refractivity contribution in [2.75, 3.05) is 46.2 Å². The molecule has 1 aliphatic heterocycles. The van der Waals surface area contributed by atoms with E-state index in [0.29, 0.717) is 64.4 Å². The summed E-state index contributed by atoms with van der Waals surface area (Å²) >= 11 is 0. The lowest BCUT2D eigenvalue weighted by atomic mass is 9.98. The quantitative estimate of drug-likeness (QED) is 0.0173. The molecule has 0 spiro atoms. The number of carbonyl (C=O) groups is 2. The van der Waals surface area contributed by atoms with Gasteiger partial charge in [-0.05, 0) is 223 Å². The zero-order chi connectivity index (χ0) is 99.1. The molecule has 0 radical (unpaired) electrons. The van der Waals surface area contributed by atoms with E-state index in [-0.39, 0.29) is 14.1 Å². The molecule has 1 atom stereocenters. The maximum Gasteiger partial charge on any atom is 0.420 e. The highest BCUT2D eigenvalue weighted by Gasteiger charge is 2.58. The molecule has 0 amide bonds. The number of aryl methyl sites for hydroxylation is 7. The van der Waals surface area contributed by atoms with E-state index in [2.05, 4.69) is 190 Å². The first kappa shape index (κ1) is 109. The van der Waals surface area contributed by atoms with Gasteiger partial charge in [-0.2, -0.15) is 0 Å². The Hall–Kier alpha value is -11.2. The molecule has 15 heterocycles. The summed E-state index contributed by atoms with van der Waals surface area (Å²) in [4.78, 5) is 81.2. The lowest BCUT2D eigenvalue weighted by molar-refractivity contribution is -0.676. The molecule has 0 fully saturated rings. The van der Waals surface area contributed by atoms with E-state index in [4.69, 9.17) is 47.1 Å². The van der Waals surface area contributed by atoms with Crippen molar-refractivity contribution in [1.82, 2.24) is 96.8 Å². The molecule has 0 aliphatic carbocycles. The molecule has 33 nitrogen and oxygen atoms in total. The normalized spacial score (nSPS) is 12.8. The molecule has 0 saturated carbocycles. The van der Waals surface area contributed by atoms with Gasteiger partial charge in [-0.3, -0.25) is 13.9 Å². The first-order chi connectivity index (χ1) is 64.1. The number of fused-ring (bicyclic) bond motifs is 6. The third-order valence-electron chi connectivity index (χ3n) is 21.9. The Bertz CT molecular complexity index is 6160. The Kier molecular flexibility index (Phi) is 41.3. The molecule has 1 aliphatic rings. The molecule has 0 bridgehead atoms. The molecule has 16 rings (SSSR count). The standard InChI is InChI=1S/C15H15N3O.C15H24N3Si.C13H17N3O2.C12H15N3O2.C12H17N3O2.C11H17N3OSi.C7H7N3.C7H16O3.C7H18OSi.H/c1-12-14-7-8-18(15(14)17-10-16-12)11-19-9-13-5-3-2-4-6-13;1-10(2)19(11(3)4)13(6)17-9-16-12(5)14-7-8-18(19)15(14)17;1-9-10-5-6-16(11(10)15-7-14-9)8-18-12(17)13(2,3)4;1-8-9-5-6-15(10(9)14-7-13-8)11(16)17-12(2,3)4;1-4-16-12(17-5-2)15-7-6-10-9(3)13-8-14-11(10)15;1-9-10-5-6-14(8-15-16(2,3)4)11(10)13-7-12-9;1-5-6-2-3-8-7(6)10-4-9-5;1-4-8-7(9-5-2)10-6-3;1-5-8-6-7-9(2,3)4;/h2-8,10H,9,11H2,1H3;7-11,13H,1-6H3;5-7H,8H2,1-4H3;5-7H,1-4H3;6-8,12H,4-5H2,1-3H3;5-7H,8H2,1-4H3;2-4H,1H3,(H,8,9,10);7H,4-6H2,1-3H3;5-7H2,1-4H3;/q;+1;;;;;;;;-1/i;;;;;;;;;1+1. The Morgan fingerprint density at radius 1 is 0.474 bits per heavy atom. The van der Waals surface area contributed by atoms with Crippen LogP contribution in [0, 0.1) is 53.9 Å². The van der Waals surface area contributed by atoms with E-state index in [9.17, 15) is 9.59 Å². The summed E-state index contributed by atoms with van der Waals surface area (Å²) in [6.45, 7) is 68.4. The van der Waals surface area contributed by atoms with Gasteiger partial charge in [0.25, 0.3) is 14.7 Å². The van der Waals surface area contributed by atoms with Gasteiger partial charge in [0, 0.05) is 124 Å². The van der Waals surface area contributed by atoms with Crippen molar-refractivity contribution in [1.29, 1.82) is 0 Å². The summed E-state index contributed by atoms with van der Waals surface area (Å²) in [5.74, 6) is -0.227. The second-order valence-electron chi connectivity index (χ2n) is 37.0. The minimum atomic E-state index is -1.63. The Labute approximate surface area is 800 Å². The second kappa shape index (κ2) is 51.1. The molecule has 1 unspecified atom stereocenters. The molecule has 14 aromatic heterocycles. The van der Waals surface area contributed by atoms with Crippen LogP contribution in [0.25, 0.3) is 77.2 Å². The molecular weight excluding hydrogens is 1760 g/mol. The number of H-pyrrole nitrogens is 1. The van der Waals surface area contributed by atoms with Gasteiger partial charge in [-0.15, -0.1) is 4.98 Å². The van der Waals surface area contributed by atoms with Crippen LogP contribution in [0.2, 0.25) is 56.4 Å². The third-order valence-corrected chi connectivity index (χ3v) is 31.1. The summed E-state index contributed by atoms with van der Waals surface area (Å²) < 4.78 is 67.9. The van der Waals surface area contributed by atoms with Gasteiger partial charge in [0.1, 0.15) is 96.6 Å². The fraction of sp³-hybridized carbons (Fsp3) is 0.495. The maximum atomic E-state index is 11.9. The van der Waals surface area contributed by atoms with E-state index in [1.54, 1.807) is 36.1 Å². The number of benzene rings is 1. The van der Waals surface area contributed by atoms with E-state index >= 15 is 0 Å². The molecule has 15 aromatic rings. The van der Waals surface area contributed by atoms with Crippen molar-refractivity contribution in [3.05, 3.63) is 206 Å². The first-order valence-electron chi connectivity index (χ1n) is 46.4. The number of rotatable bonds is 26. The van der Waals surface area contributed by atoms with Crippen LogP contribution in [0.1, 0.15) is 177 Å². The maximum absolute atomic E-state index is 11.9. The van der Waals surface area contributed by atoms with Crippen LogP contribution in [0.3, 0.4) is 0 Å². The topological polar surface area (TPSA) is 343 Å². The molecule has 0 saturated heterocycles. The van der Waals surface area contributed by atoms with Gasteiger partial charge in [0.05, 0.1) is 57.8 Å². The number of carbonyl (C=O) groups excluding carboxylic acids is 2. The highest BCUT2D eigenvalue weighted by Crippen LogP contribution is 2.45. The van der Waals surface area contributed by atoms with Crippen LogP contribution in [-0.4, -0.2) is 192 Å². The average molecular weight is 1910 g/mol. The van der Waals surface area contributed by atoms with Crippen LogP contribution in [0.5, 0.6) is 0 Å².